The average Bonchev–Trinajstić information content (AvgIpc) is 2.40. The van der Waals surface area contributed by atoms with E-state index < -0.39 is 0 Å². The van der Waals surface area contributed by atoms with Crippen LogP contribution in [-0.2, 0) is 6.61 Å². The summed E-state index contributed by atoms with van der Waals surface area (Å²) in [6.07, 6.45) is 0. The molecule has 19 heavy (non-hydrogen) atoms. The van der Waals surface area contributed by atoms with Gasteiger partial charge in [0.15, 0.2) is 0 Å². The van der Waals surface area contributed by atoms with Crippen molar-refractivity contribution < 1.29 is 4.74 Å². The van der Waals surface area contributed by atoms with Gasteiger partial charge in [-0.3, -0.25) is 0 Å². The molecule has 0 fully saturated rings. The van der Waals surface area contributed by atoms with Crippen LogP contribution in [0.3, 0.4) is 0 Å². The predicted molar refractivity (Wildman–Crippen MR) is 83.1 cm³/mol. The first-order valence-corrected chi connectivity index (χ1v) is 6.69. The molecule has 0 aliphatic carbocycles. The van der Waals surface area contributed by atoms with Gasteiger partial charge < -0.3 is 10.5 Å². The molecular weight excluding hydrogens is 301 g/mol. The molecule has 0 aromatic heterocycles. The Hall–Kier alpha value is -1.29. The van der Waals surface area contributed by atoms with Crippen LogP contribution in [0.5, 0.6) is 5.75 Å². The Balaban J connectivity index is 2.01. The van der Waals surface area contributed by atoms with Crippen LogP contribution < -0.4 is 10.5 Å². The fourth-order valence-corrected chi connectivity index (χ4v) is 1.92. The van der Waals surface area contributed by atoms with Gasteiger partial charge in [-0.05, 0) is 17.7 Å². The van der Waals surface area contributed by atoms with Crippen LogP contribution in [0.2, 0.25) is 10.0 Å². The largest absolute Gasteiger partial charge is 0.489 e. The quantitative estimate of drug-likeness (QED) is 0.859. The number of halogens is 2. The first-order valence-electron chi connectivity index (χ1n) is 5.53. The lowest BCUT2D eigenvalue weighted by atomic mass is 10.1. The summed E-state index contributed by atoms with van der Waals surface area (Å²) in [5.74, 6) is 0.674. The maximum atomic E-state index is 5.91. The molecule has 2 aromatic rings. The molecule has 2 aromatic carbocycles. The number of nitrogens with two attached hydrogens (primary N) is 1. The van der Waals surface area contributed by atoms with Gasteiger partial charge in [0.25, 0.3) is 0 Å². The smallest absolute Gasteiger partial charge is 0.121 e. The summed E-state index contributed by atoms with van der Waals surface area (Å²) in [7, 11) is 0. The molecule has 0 saturated heterocycles. The maximum Gasteiger partial charge on any atom is 0.121 e. The monoisotopic (exact) mass is 311 g/mol. The third-order valence-corrected chi connectivity index (χ3v) is 3.51. The second kappa shape index (κ2) is 6.24. The molecular formula is C14H11Cl2NOS. The fraction of sp³-hybridized carbons (Fsp3) is 0.0714. The lowest BCUT2D eigenvalue weighted by molar-refractivity contribution is 0.306. The summed E-state index contributed by atoms with van der Waals surface area (Å²) in [5, 5.41) is 0.984. The number of benzene rings is 2. The highest BCUT2D eigenvalue weighted by molar-refractivity contribution is 7.80. The Morgan fingerprint density at radius 2 is 1.74 bits per heavy atom. The van der Waals surface area contributed by atoms with Crippen molar-refractivity contribution in [2.45, 2.75) is 6.61 Å². The highest BCUT2D eigenvalue weighted by Crippen LogP contribution is 2.26. The average molecular weight is 312 g/mol. The van der Waals surface area contributed by atoms with E-state index in [0.29, 0.717) is 27.4 Å². The SMILES string of the molecule is NC(=S)c1ccc(COc2ccc(Cl)c(Cl)c2)cc1. The topological polar surface area (TPSA) is 35.2 Å². The Morgan fingerprint density at radius 3 is 2.32 bits per heavy atom. The summed E-state index contributed by atoms with van der Waals surface area (Å²) in [4.78, 5) is 0.386. The Bertz CT molecular complexity index is 599. The van der Waals surface area contributed by atoms with E-state index in [0.717, 1.165) is 11.1 Å². The summed E-state index contributed by atoms with van der Waals surface area (Å²) < 4.78 is 5.62. The molecule has 5 heteroatoms. The van der Waals surface area contributed by atoms with Gasteiger partial charge in [0, 0.05) is 11.6 Å². The summed E-state index contributed by atoms with van der Waals surface area (Å²) in [6, 6.07) is 12.8. The van der Waals surface area contributed by atoms with E-state index in [-0.39, 0.29) is 0 Å². The van der Waals surface area contributed by atoms with Crippen molar-refractivity contribution in [2.24, 2.45) is 5.73 Å². The summed E-state index contributed by atoms with van der Waals surface area (Å²) in [5.41, 5.74) is 7.39. The lowest BCUT2D eigenvalue weighted by Crippen LogP contribution is -2.09. The zero-order valence-electron chi connectivity index (χ0n) is 9.90. The van der Waals surface area contributed by atoms with E-state index in [1.807, 2.05) is 24.3 Å². The third-order valence-electron chi connectivity index (χ3n) is 2.54. The van der Waals surface area contributed by atoms with Crippen molar-refractivity contribution in [2.75, 3.05) is 0 Å². The lowest BCUT2D eigenvalue weighted by Gasteiger charge is -2.08. The van der Waals surface area contributed by atoms with Crippen molar-refractivity contribution in [3.8, 4) is 5.75 Å². The van der Waals surface area contributed by atoms with Crippen LogP contribution in [0, 0.1) is 0 Å². The Morgan fingerprint density at radius 1 is 1.05 bits per heavy atom. The molecule has 0 unspecified atom stereocenters. The number of hydrogen-bond donors (Lipinski definition) is 1. The van der Waals surface area contributed by atoms with Crippen molar-refractivity contribution in [1.82, 2.24) is 0 Å². The zero-order chi connectivity index (χ0) is 13.8. The first kappa shape index (κ1) is 14.1. The van der Waals surface area contributed by atoms with Crippen molar-refractivity contribution in [3.63, 3.8) is 0 Å². The molecule has 2 nitrogen and oxygen atoms in total. The molecule has 0 atom stereocenters. The molecule has 0 aliphatic rings. The number of ether oxygens (including phenoxy) is 1. The van der Waals surface area contributed by atoms with E-state index in [9.17, 15) is 0 Å². The van der Waals surface area contributed by atoms with E-state index in [4.69, 9.17) is 45.9 Å². The summed E-state index contributed by atoms with van der Waals surface area (Å²) in [6.45, 7) is 0.440. The van der Waals surface area contributed by atoms with E-state index in [1.54, 1.807) is 18.2 Å². The number of thiocarbonyl (C=S) groups is 1. The van der Waals surface area contributed by atoms with Crippen LogP contribution in [0.1, 0.15) is 11.1 Å². The van der Waals surface area contributed by atoms with Gasteiger partial charge in [-0.1, -0.05) is 59.7 Å². The van der Waals surface area contributed by atoms with Crippen LogP contribution in [-0.4, -0.2) is 4.99 Å². The van der Waals surface area contributed by atoms with Crippen molar-refractivity contribution in [1.29, 1.82) is 0 Å². The van der Waals surface area contributed by atoms with Gasteiger partial charge >= 0.3 is 0 Å². The fourth-order valence-electron chi connectivity index (χ4n) is 1.50. The van der Waals surface area contributed by atoms with Gasteiger partial charge in [-0.15, -0.1) is 0 Å². The predicted octanol–water partition coefficient (Wildman–Crippen LogP) is 4.21. The van der Waals surface area contributed by atoms with Gasteiger partial charge in [-0.25, -0.2) is 0 Å². The molecule has 0 aliphatic heterocycles. The van der Waals surface area contributed by atoms with Crippen LogP contribution in [0.15, 0.2) is 42.5 Å². The minimum Gasteiger partial charge on any atom is -0.489 e. The zero-order valence-corrected chi connectivity index (χ0v) is 12.2. The molecule has 98 valence electrons. The van der Waals surface area contributed by atoms with Crippen molar-refractivity contribution in [3.05, 3.63) is 63.6 Å². The third kappa shape index (κ3) is 3.83. The highest BCUT2D eigenvalue weighted by atomic mass is 35.5. The van der Waals surface area contributed by atoms with E-state index in [1.165, 1.54) is 0 Å². The molecule has 0 bridgehead atoms. The highest BCUT2D eigenvalue weighted by Gasteiger charge is 2.01. The van der Waals surface area contributed by atoms with Gasteiger partial charge in [-0.2, -0.15) is 0 Å². The van der Waals surface area contributed by atoms with Gasteiger partial charge in [0.2, 0.25) is 0 Å². The molecule has 0 heterocycles. The molecule has 2 rings (SSSR count). The van der Waals surface area contributed by atoms with E-state index >= 15 is 0 Å². The van der Waals surface area contributed by atoms with E-state index in [2.05, 4.69) is 0 Å². The number of hydrogen-bond acceptors (Lipinski definition) is 2. The normalized spacial score (nSPS) is 10.2. The van der Waals surface area contributed by atoms with Crippen molar-refractivity contribution >= 4 is 40.4 Å². The Kier molecular flexibility index (Phi) is 4.64. The number of rotatable bonds is 4. The second-order valence-corrected chi connectivity index (χ2v) is 5.18. The van der Waals surface area contributed by atoms with Crippen LogP contribution in [0.25, 0.3) is 0 Å². The van der Waals surface area contributed by atoms with Crippen LogP contribution >= 0.6 is 35.4 Å². The minimum atomic E-state index is 0.386. The Labute approximate surface area is 127 Å². The molecule has 0 saturated carbocycles. The molecule has 0 amide bonds. The van der Waals surface area contributed by atoms with Gasteiger partial charge in [0.05, 0.1) is 10.0 Å². The molecule has 2 N–H and O–H groups in total. The molecule has 0 spiro atoms. The van der Waals surface area contributed by atoms with Gasteiger partial charge in [0.1, 0.15) is 17.3 Å². The van der Waals surface area contributed by atoms with Crippen LogP contribution in [0.4, 0.5) is 0 Å². The summed E-state index contributed by atoms with van der Waals surface area (Å²) >= 11 is 16.6. The molecule has 0 radical (unpaired) electrons. The second-order valence-electron chi connectivity index (χ2n) is 3.93. The standard InChI is InChI=1S/C14H11Cl2NOS/c15-12-6-5-11(7-13(12)16)18-8-9-1-3-10(4-2-9)14(17)19/h1-7H,8H2,(H2,17,19). The minimum absolute atomic E-state index is 0.386. The maximum absolute atomic E-state index is 5.91. The first-order chi connectivity index (χ1) is 9.06.